The molecule has 0 N–H and O–H groups in total. The maximum atomic E-state index is 12.9. The lowest BCUT2D eigenvalue weighted by Crippen LogP contribution is -2.30. The largest absolute Gasteiger partial charge is 0.462 e. The molecular weight excluding hydrogens is 1020 g/mol. The summed E-state index contributed by atoms with van der Waals surface area (Å²) in [7, 11) is 0. The van der Waals surface area contributed by atoms with Crippen LogP contribution in [0, 0.1) is 0 Å². The molecule has 0 aliphatic heterocycles. The predicted molar refractivity (Wildman–Crippen MR) is 362 cm³/mol. The van der Waals surface area contributed by atoms with Crippen molar-refractivity contribution in [1.29, 1.82) is 0 Å². The lowest BCUT2D eigenvalue weighted by atomic mass is 10.0. The first-order chi connectivity index (χ1) is 41.0. The second-order valence-corrected chi connectivity index (χ2v) is 22.3. The molecule has 0 rings (SSSR count). The fraction of sp³-hybridized carbons (Fsp3) is 0.649. The third kappa shape index (κ3) is 68.0. The number of hydrogen-bond acceptors (Lipinski definition) is 6. The summed E-state index contributed by atoms with van der Waals surface area (Å²) < 4.78 is 16.9. The molecule has 0 amide bonds. The van der Waals surface area contributed by atoms with Gasteiger partial charge < -0.3 is 14.2 Å². The van der Waals surface area contributed by atoms with Crippen LogP contribution in [0.25, 0.3) is 0 Å². The second kappa shape index (κ2) is 69.8. The fourth-order valence-electron chi connectivity index (χ4n) is 9.19. The van der Waals surface area contributed by atoms with E-state index in [9.17, 15) is 14.4 Å². The van der Waals surface area contributed by atoms with Gasteiger partial charge in [-0.3, -0.25) is 14.4 Å². The fourth-order valence-corrected chi connectivity index (χ4v) is 9.19. The average molecular weight is 1150 g/mol. The molecule has 1 atom stereocenters. The van der Waals surface area contributed by atoms with Crippen molar-refractivity contribution in [3.8, 4) is 0 Å². The SMILES string of the molecule is CC/C=C\C/C=C\C/C=C\C/C=C\C/C=C\C/C=C\CCC(=O)OC(COC(=O)CCCCCCCC/C=C\C/C=C\C/C=C\CCCCC)COC(=O)CCCCCCCCCCCCCC/C=C\C/C=C\C/C=C\CCCCCCC. The molecule has 0 saturated heterocycles. The number of esters is 3. The first-order valence-corrected chi connectivity index (χ1v) is 34.3. The van der Waals surface area contributed by atoms with E-state index >= 15 is 0 Å². The standard InChI is InChI=1S/C77H126O6/c1-4-7-10-13-16-19-22-25-28-31-34-35-36-37-38-39-40-41-44-46-49-52-55-58-61-64-67-70-76(79)82-73-74(83-77(80)71-68-65-62-59-56-53-50-47-43-33-30-27-24-21-18-15-12-9-6-3)72-81-75(78)69-66-63-60-57-54-51-48-45-42-32-29-26-23-20-17-14-11-8-5-2/h9,12,17-18,20-22,25-27,29-31,34,36-37,42-43,45,47,53,56,62,65,74H,4-8,10-11,13-16,19,23-24,28,32-33,35,38-41,44,46,48-52,54-55,57-61,63-64,66-73H2,1-3H3/b12-9-,20-17-,21-18-,25-22-,29-26-,30-27-,34-31-,37-36-,45-42-,47-43-,56-53-,65-62-. The molecule has 83 heavy (non-hydrogen) atoms. The lowest BCUT2D eigenvalue weighted by Gasteiger charge is -2.18. The normalized spacial score (nSPS) is 13.0. The third-order valence-corrected chi connectivity index (χ3v) is 14.3. The Morgan fingerprint density at radius 1 is 0.253 bits per heavy atom. The van der Waals surface area contributed by atoms with Crippen LogP contribution in [0.15, 0.2) is 146 Å². The summed E-state index contributed by atoms with van der Waals surface area (Å²) in [4.78, 5) is 38.4. The highest BCUT2D eigenvalue weighted by Gasteiger charge is 2.19. The Hall–Kier alpha value is -4.71. The number of rotatable bonds is 61. The van der Waals surface area contributed by atoms with Crippen LogP contribution in [-0.4, -0.2) is 37.2 Å². The first-order valence-electron chi connectivity index (χ1n) is 34.3. The molecule has 0 saturated carbocycles. The second-order valence-electron chi connectivity index (χ2n) is 22.3. The minimum atomic E-state index is -0.833. The Kier molecular flexibility index (Phi) is 65.8. The van der Waals surface area contributed by atoms with Crippen molar-refractivity contribution < 1.29 is 28.6 Å². The molecule has 6 heteroatoms. The maximum absolute atomic E-state index is 12.9. The summed E-state index contributed by atoms with van der Waals surface area (Å²) >= 11 is 0. The van der Waals surface area contributed by atoms with Gasteiger partial charge >= 0.3 is 17.9 Å². The number of carbonyl (C=O) groups is 3. The minimum absolute atomic E-state index is 0.118. The number of allylic oxidation sites excluding steroid dienone is 24. The van der Waals surface area contributed by atoms with E-state index in [0.29, 0.717) is 19.3 Å². The molecule has 0 aromatic heterocycles. The van der Waals surface area contributed by atoms with Crippen LogP contribution in [0.2, 0.25) is 0 Å². The van der Waals surface area contributed by atoms with Gasteiger partial charge in [0.15, 0.2) is 6.10 Å². The van der Waals surface area contributed by atoms with Crippen LogP contribution < -0.4 is 0 Å². The van der Waals surface area contributed by atoms with Crippen molar-refractivity contribution in [2.24, 2.45) is 0 Å². The van der Waals surface area contributed by atoms with Crippen LogP contribution in [0.1, 0.15) is 303 Å². The highest BCUT2D eigenvalue weighted by Crippen LogP contribution is 2.15. The van der Waals surface area contributed by atoms with E-state index in [1.165, 1.54) is 141 Å². The summed E-state index contributed by atoms with van der Waals surface area (Å²) in [5.41, 5.74) is 0. The van der Waals surface area contributed by atoms with E-state index in [1.807, 2.05) is 6.08 Å². The van der Waals surface area contributed by atoms with Crippen LogP contribution >= 0.6 is 0 Å². The zero-order valence-electron chi connectivity index (χ0n) is 53.9. The van der Waals surface area contributed by atoms with Gasteiger partial charge in [-0.2, -0.15) is 0 Å². The summed E-state index contributed by atoms with van der Waals surface area (Å²) in [6, 6.07) is 0. The van der Waals surface area contributed by atoms with E-state index in [4.69, 9.17) is 14.2 Å². The number of ether oxygens (including phenoxy) is 3. The van der Waals surface area contributed by atoms with E-state index < -0.39 is 12.1 Å². The summed E-state index contributed by atoms with van der Waals surface area (Å²) in [5.74, 6) is -1.01. The summed E-state index contributed by atoms with van der Waals surface area (Å²) in [6.45, 7) is 6.43. The molecule has 6 nitrogen and oxygen atoms in total. The highest BCUT2D eigenvalue weighted by atomic mass is 16.6. The van der Waals surface area contributed by atoms with Crippen molar-refractivity contribution in [3.05, 3.63) is 146 Å². The molecular formula is C77H126O6. The van der Waals surface area contributed by atoms with Crippen molar-refractivity contribution in [3.63, 3.8) is 0 Å². The van der Waals surface area contributed by atoms with Gasteiger partial charge in [-0.25, -0.2) is 0 Å². The minimum Gasteiger partial charge on any atom is -0.462 e. The van der Waals surface area contributed by atoms with E-state index in [0.717, 1.165) is 116 Å². The highest BCUT2D eigenvalue weighted by molar-refractivity contribution is 5.71. The third-order valence-electron chi connectivity index (χ3n) is 14.3. The lowest BCUT2D eigenvalue weighted by molar-refractivity contribution is -0.166. The zero-order chi connectivity index (χ0) is 59.9. The van der Waals surface area contributed by atoms with Gasteiger partial charge in [0.2, 0.25) is 0 Å². The smallest absolute Gasteiger partial charge is 0.306 e. The van der Waals surface area contributed by atoms with E-state index in [1.54, 1.807) is 0 Å². The van der Waals surface area contributed by atoms with Gasteiger partial charge in [-0.05, 0) is 135 Å². The van der Waals surface area contributed by atoms with Crippen molar-refractivity contribution in [2.45, 2.75) is 309 Å². The zero-order valence-corrected chi connectivity index (χ0v) is 53.9. The molecule has 0 radical (unpaired) electrons. The Labute approximate surface area is 512 Å². The summed E-state index contributed by atoms with van der Waals surface area (Å²) in [5, 5.41) is 0. The van der Waals surface area contributed by atoms with Gasteiger partial charge in [0.1, 0.15) is 13.2 Å². The average Bonchev–Trinajstić information content (AvgIpc) is 3.50. The van der Waals surface area contributed by atoms with Crippen LogP contribution in [0.5, 0.6) is 0 Å². The quantitative estimate of drug-likeness (QED) is 0.0261. The van der Waals surface area contributed by atoms with Crippen LogP contribution in [-0.2, 0) is 28.6 Å². The van der Waals surface area contributed by atoms with Crippen molar-refractivity contribution in [1.82, 2.24) is 0 Å². The van der Waals surface area contributed by atoms with Gasteiger partial charge in [0.05, 0.1) is 0 Å². The Morgan fingerprint density at radius 3 is 0.807 bits per heavy atom. The molecule has 0 aliphatic carbocycles. The number of hydrogen-bond donors (Lipinski definition) is 0. The predicted octanol–water partition coefficient (Wildman–Crippen LogP) is 23.9. The summed E-state index contributed by atoms with van der Waals surface area (Å²) in [6.07, 6.45) is 100. The topological polar surface area (TPSA) is 78.9 Å². The molecule has 0 heterocycles. The molecule has 1 unspecified atom stereocenters. The molecule has 470 valence electrons. The number of unbranched alkanes of at least 4 members (excludes halogenated alkanes) is 26. The first kappa shape index (κ1) is 78.3. The van der Waals surface area contributed by atoms with E-state index in [2.05, 4.69) is 161 Å². The monoisotopic (exact) mass is 1150 g/mol. The molecule has 0 fully saturated rings. The van der Waals surface area contributed by atoms with E-state index in [-0.39, 0.29) is 31.6 Å². The van der Waals surface area contributed by atoms with Gasteiger partial charge in [0, 0.05) is 19.3 Å². The molecule has 0 aromatic carbocycles. The molecule has 0 aliphatic rings. The van der Waals surface area contributed by atoms with Gasteiger partial charge in [-0.1, -0.05) is 295 Å². The maximum Gasteiger partial charge on any atom is 0.306 e. The molecule has 0 spiro atoms. The van der Waals surface area contributed by atoms with Gasteiger partial charge in [0.25, 0.3) is 0 Å². The number of carbonyl (C=O) groups excluding carboxylic acids is 3. The Balaban J connectivity index is 4.47. The Bertz CT molecular complexity index is 1800. The van der Waals surface area contributed by atoms with Crippen LogP contribution in [0.4, 0.5) is 0 Å². The van der Waals surface area contributed by atoms with Crippen molar-refractivity contribution >= 4 is 17.9 Å². The van der Waals surface area contributed by atoms with Gasteiger partial charge in [-0.15, -0.1) is 0 Å². The Morgan fingerprint density at radius 2 is 0.494 bits per heavy atom. The van der Waals surface area contributed by atoms with Crippen LogP contribution in [0.3, 0.4) is 0 Å². The molecule has 0 aromatic rings. The van der Waals surface area contributed by atoms with Crippen molar-refractivity contribution in [2.75, 3.05) is 13.2 Å². The molecule has 0 bridgehead atoms.